The van der Waals surface area contributed by atoms with Crippen molar-refractivity contribution in [1.82, 2.24) is 0 Å². The molecule has 0 saturated heterocycles. The number of carbonyl (C=O) groups is 1. The zero-order chi connectivity index (χ0) is 15.4. The second-order valence-electron chi connectivity index (χ2n) is 8.05. The molecule has 0 amide bonds. The summed E-state index contributed by atoms with van der Waals surface area (Å²) in [5, 5.41) is 0. The number of carbonyl (C=O) groups excluding carboxylic acids is 1. The van der Waals surface area contributed by atoms with Gasteiger partial charge in [-0.3, -0.25) is 4.79 Å². The maximum absolute atomic E-state index is 11.5. The number of hydrogen-bond acceptors (Lipinski definition) is 1. The van der Waals surface area contributed by atoms with Gasteiger partial charge in [0.2, 0.25) is 0 Å². The van der Waals surface area contributed by atoms with E-state index in [4.69, 9.17) is 0 Å². The first-order valence-corrected chi connectivity index (χ1v) is 14.6. The molecule has 0 heterocycles. The molecule has 20 heavy (non-hydrogen) atoms. The summed E-state index contributed by atoms with van der Waals surface area (Å²) in [5.74, 6) is 7.35. The molecule has 0 atom stereocenters. The van der Waals surface area contributed by atoms with Gasteiger partial charge in [-0.15, -0.1) is 22.9 Å². The molecule has 0 N–H and O–H groups in total. The lowest BCUT2D eigenvalue weighted by Gasteiger charge is -2.30. The number of rotatable bonds is 1. The fourth-order valence-corrected chi connectivity index (χ4v) is 3.41. The molecule has 0 aromatic rings. The van der Waals surface area contributed by atoms with Crippen LogP contribution in [0.3, 0.4) is 0 Å². The maximum atomic E-state index is 11.5. The van der Waals surface area contributed by atoms with Crippen molar-refractivity contribution >= 4 is 21.9 Å². The van der Waals surface area contributed by atoms with E-state index in [9.17, 15) is 4.79 Å². The first kappa shape index (κ1) is 17.3. The average molecular weight is 305 g/mol. The third-order valence-corrected chi connectivity index (χ3v) is 5.16. The van der Waals surface area contributed by atoms with Gasteiger partial charge in [-0.2, -0.15) is 0 Å². The Kier molecular flexibility index (Phi) is 5.47. The third kappa shape index (κ3) is 6.59. The van der Waals surface area contributed by atoms with Crippen molar-refractivity contribution in [2.24, 2.45) is 5.41 Å². The summed E-state index contributed by atoms with van der Waals surface area (Å²) in [6, 6.07) is 0. The molecule has 0 spiro atoms. The maximum Gasteiger partial charge on any atom is 0.133 e. The fraction of sp³-hybridized carbons (Fsp3) is 0.706. The summed E-state index contributed by atoms with van der Waals surface area (Å²) in [6.45, 7) is 13.6. The first-order valence-electron chi connectivity index (χ1n) is 7.58. The van der Waals surface area contributed by atoms with Crippen LogP contribution in [0.2, 0.25) is 39.3 Å². The predicted octanol–water partition coefficient (Wildman–Crippen LogP) is 4.27. The SMILES string of the molecule is C[Si](C)(C)C#CCC1(C#C[Si](C)(C)C)CCC(=O)CC1. The van der Waals surface area contributed by atoms with Crippen LogP contribution < -0.4 is 0 Å². The smallest absolute Gasteiger partial charge is 0.133 e. The zero-order valence-corrected chi connectivity index (χ0v) is 15.9. The lowest BCUT2D eigenvalue weighted by Crippen LogP contribution is -2.28. The molecule has 1 saturated carbocycles. The molecule has 1 nitrogen and oxygen atoms in total. The van der Waals surface area contributed by atoms with E-state index < -0.39 is 16.1 Å². The van der Waals surface area contributed by atoms with Crippen molar-refractivity contribution in [1.29, 1.82) is 0 Å². The van der Waals surface area contributed by atoms with Crippen molar-refractivity contribution in [3.05, 3.63) is 0 Å². The second-order valence-corrected chi connectivity index (χ2v) is 17.5. The fourth-order valence-electron chi connectivity index (χ4n) is 2.15. The lowest BCUT2D eigenvalue weighted by molar-refractivity contribution is -0.121. The highest BCUT2D eigenvalue weighted by atomic mass is 28.3. The molecule has 110 valence electrons. The van der Waals surface area contributed by atoms with E-state index in [2.05, 4.69) is 62.2 Å². The molecule has 3 heteroatoms. The van der Waals surface area contributed by atoms with E-state index in [0.29, 0.717) is 18.6 Å². The van der Waals surface area contributed by atoms with Gasteiger partial charge in [0.25, 0.3) is 0 Å². The first-order chi connectivity index (χ1) is 9.02. The van der Waals surface area contributed by atoms with E-state index in [-0.39, 0.29) is 5.41 Å². The van der Waals surface area contributed by atoms with Crippen LogP contribution in [-0.2, 0) is 4.79 Å². The van der Waals surface area contributed by atoms with Gasteiger partial charge in [-0.25, -0.2) is 0 Å². The van der Waals surface area contributed by atoms with Crippen molar-refractivity contribution in [3.8, 4) is 22.9 Å². The molecular weight excluding hydrogens is 276 g/mol. The normalized spacial score (nSPS) is 18.6. The van der Waals surface area contributed by atoms with Crippen LogP contribution in [0.5, 0.6) is 0 Å². The molecule has 1 rings (SSSR count). The van der Waals surface area contributed by atoms with Crippen molar-refractivity contribution in [3.63, 3.8) is 0 Å². The second kappa shape index (κ2) is 6.33. The molecule has 1 fully saturated rings. The predicted molar refractivity (Wildman–Crippen MR) is 92.8 cm³/mol. The Labute approximate surface area is 126 Å². The summed E-state index contributed by atoms with van der Waals surface area (Å²) in [6.07, 6.45) is 4.04. The minimum atomic E-state index is -1.37. The van der Waals surface area contributed by atoms with Gasteiger partial charge in [0.1, 0.15) is 21.9 Å². The van der Waals surface area contributed by atoms with Crippen LogP contribution in [0.4, 0.5) is 0 Å². The van der Waals surface area contributed by atoms with Crippen LogP contribution in [0.25, 0.3) is 0 Å². The van der Waals surface area contributed by atoms with E-state index in [0.717, 1.165) is 19.3 Å². The minimum Gasteiger partial charge on any atom is -0.300 e. The quantitative estimate of drug-likeness (QED) is 0.522. The summed E-state index contributed by atoms with van der Waals surface area (Å²) >= 11 is 0. The number of hydrogen-bond donors (Lipinski definition) is 0. The van der Waals surface area contributed by atoms with Gasteiger partial charge in [-0.1, -0.05) is 39.3 Å². The number of Topliss-reactive ketones (excluding diaryl/α,β-unsaturated/α-hetero) is 1. The highest BCUT2D eigenvalue weighted by Gasteiger charge is 2.32. The topological polar surface area (TPSA) is 17.1 Å². The van der Waals surface area contributed by atoms with Gasteiger partial charge in [0, 0.05) is 24.7 Å². The molecule has 1 aliphatic rings. The molecule has 0 aliphatic heterocycles. The molecule has 0 unspecified atom stereocenters. The van der Waals surface area contributed by atoms with Crippen molar-refractivity contribution in [2.45, 2.75) is 71.4 Å². The Morgan fingerprint density at radius 3 is 1.90 bits per heavy atom. The van der Waals surface area contributed by atoms with Gasteiger partial charge < -0.3 is 0 Å². The highest BCUT2D eigenvalue weighted by Crippen LogP contribution is 2.37. The van der Waals surface area contributed by atoms with E-state index in [1.54, 1.807) is 0 Å². The standard InChI is InChI=1S/C17H28OSi2/c1-19(2,3)14-7-10-17(13-15-20(4,5)6)11-8-16(18)9-12-17/h8-12H2,1-6H3. The summed E-state index contributed by atoms with van der Waals surface area (Å²) in [4.78, 5) is 11.5. The van der Waals surface area contributed by atoms with Crippen molar-refractivity contribution in [2.75, 3.05) is 0 Å². The molecule has 1 aliphatic carbocycles. The van der Waals surface area contributed by atoms with Gasteiger partial charge in [-0.05, 0) is 12.8 Å². The van der Waals surface area contributed by atoms with Crippen LogP contribution >= 0.6 is 0 Å². The summed E-state index contributed by atoms with van der Waals surface area (Å²) in [7, 11) is -2.68. The Morgan fingerprint density at radius 1 is 0.950 bits per heavy atom. The summed E-state index contributed by atoms with van der Waals surface area (Å²) in [5.41, 5.74) is 6.95. The minimum absolute atomic E-state index is 0.0131. The Balaban J connectivity index is 2.92. The Bertz CT molecular complexity index is 474. The zero-order valence-electron chi connectivity index (χ0n) is 13.9. The van der Waals surface area contributed by atoms with E-state index in [1.807, 2.05) is 0 Å². The third-order valence-electron chi connectivity index (χ3n) is 3.36. The Morgan fingerprint density at radius 2 is 1.45 bits per heavy atom. The molecular formula is C17H28OSi2. The van der Waals surface area contributed by atoms with Crippen LogP contribution in [-0.4, -0.2) is 21.9 Å². The van der Waals surface area contributed by atoms with Crippen LogP contribution in [0, 0.1) is 28.3 Å². The molecule has 0 bridgehead atoms. The average Bonchev–Trinajstić information content (AvgIpc) is 2.28. The molecule has 0 aromatic carbocycles. The molecule has 0 radical (unpaired) electrons. The van der Waals surface area contributed by atoms with E-state index in [1.165, 1.54) is 0 Å². The van der Waals surface area contributed by atoms with Crippen molar-refractivity contribution < 1.29 is 4.79 Å². The Hall–Kier alpha value is -0.776. The molecule has 0 aromatic heterocycles. The van der Waals surface area contributed by atoms with E-state index >= 15 is 0 Å². The monoisotopic (exact) mass is 304 g/mol. The van der Waals surface area contributed by atoms with Gasteiger partial charge in [0.05, 0.1) is 0 Å². The highest BCUT2D eigenvalue weighted by molar-refractivity contribution is 6.84. The largest absolute Gasteiger partial charge is 0.300 e. The number of ketones is 1. The van der Waals surface area contributed by atoms with Gasteiger partial charge >= 0.3 is 0 Å². The van der Waals surface area contributed by atoms with Crippen LogP contribution in [0.1, 0.15) is 32.1 Å². The summed E-state index contributed by atoms with van der Waals surface area (Å²) < 4.78 is 0. The lowest BCUT2D eigenvalue weighted by atomic mass is 9.72. The van der Waals surface area contributed by atoms with Gasteiger partial charge in [0.15, 0.2) is 0 Å². The van der Waals surface area contributed by atoms with Crippen LogP contribution in [0.15, 0.2) is 0 Å².